The number of para-hydroxylation sites is 1. The predicted molar refractivity (Wildman–Crippen MR) is 103 cm³/mol. The fourth-order valence-corrected chi connectivity index (χ4v) is 3.45. The molecule has 0 heterocycles. The SMILES string of the molecule is COc1ccc([C@@H](Sc2ccccc2NC(C)=O)[C@H](O)C(=O)O)cc1.[NaH]. The molecule has 0 saturated carbocycles. The zero-order chi connectivity index (χ0) is 18.4. The van der Waals surface area contributed by atoms with Crippen LogP contribution in [0.4, 0.5) is 5.69 Å². The maximum atomic E-state index is 11.4. The molecule has 0 aromatic heterocycles. The van der Waals surface area contributed by atoms with Gasteiger partial charge in [0.1, 0.15) is 5.75 Å². The summed E-state index contributed by atoms with van der Waals surface area (Å²) in [6, 6.07) is 13.9. The number of ether oxygens (including phenoxy) is 1. The summed E-state index contributed by atoms with van der Waals surface area (Å²) in [5, 5.41) is 21.4. The van der Waals surface area contributed by atoms with Crippen LogP contribution in [0.5, 0.6) is 5.75 Å². The van der Waals surface area contributed by atoms with Crippen LogP contribution in [0.25, 0.3) is 0 Å². The van der Waals surface area contributed by atoms with Crippen LogP contribution in [0.3, 0.4) is 0 Å². The Hall–Kier alpha value is -1.51. The van der Waals surface area contributed by atoms with Crippen molar-refractivity contribution in [2.75, 3.05) is 12.4 Å². The second-order valence-electron chi connectivity index (χ2n) is 5.27. The molecule has 0 fully saturated rings. The number of hydrogen-bond acceptors (Lipinski definition) is 5. The van der Waals surface area contributed by atoms with Crippen molar-refractivity contribution in [3.8, 4) is 5.75 Å². The quantitative estimate of drug-likeness (QED) is 0.500. The van der Waals surface area contributed by atoms with Crippen LogP contribution in [0.15, 0.2) is 53.4 Å². The molecule has 0 aliphatic heterocycles. The molecule has 8 heteroatoms. The van der Waals surface area contributed by atoms with Crippen LogP contribution < -0.4 is 10.1 Å². The predicted octanol–water partition coefficient (Wildman–Crippen LogP) is 2.28. The van der Waals surface area contributed by atoms with Crippen molar-refractivity contribution in [1.29, 1.82) is 0 Å². The number of aliphatic hydroxyl groups is 1. The van der Waals surface area contributed by atoms with Crippen LogP contribution >= 0.6 is 11.8 Å². The number of aliphatic hydroxyl groups excluding tert-OH is 1. The Morgan fingerprint density at radius 2 is 1.73 bits per heavy atom. The third kappa shape index (κ3) is 6.03. The number of rotatable bonds is 7. The minimum atomic E-state index is -1.61. The van der Waals surface area contributed by atoms with E-state index >= 15 is 0 Å². The van der Waals surface area contributed by atoms with Crippen LogP contribution in [0.1, 0.15) is 17.7 Å². The molecule has 3 N–H and O–H groups in total. The van der Waals surface area contributed by atoms with E-state index in [1.54, 1.807) is 48.5 Å². The van der Waals surface area contributed by atoms with E-state index in [1.165, 1.54) is 25.8 Å². The molecule has 2 atom stereocenters. The van der Waals surface area contributed by atoms with Gasteiger partial charge in [0.25, 0.3) is 0 Å². The normalized spacial score (nSPS) is 12.4. The number of carboxylic acids is 1. The molecule has 2 aromatic rings. The first-order valence-corrected chi connectivity index (χ1v) is 8.38. The summed E-state index contributed by atoms with van der Waals surface area (Å²) < 4.78 is 5.10. The number of carbonyl (C=O) groups excluding carboxylic acids is 1. The molecule has 0 aliphatic rings. The molecule has 0 bridgehead atoms. The number of hydrogen-bond donors (Lipinski definition) is 3. The van der Waals surface area contributed by atoms with E-state index < -0.39 is 17.3 Å². The molecule has 0 spiro atoms. The fourth-order valence-electron chi connectivity index (χ4n) is 2.24. The van der Waals surface area contributed by atoms with E-state index in [4.69, 9.17) is 4.74 Å². The Morgan fingerprint density at radius 3 is 2.27 bits per heavy atom. The van der Waals surface area contributed by atoms with E-state index in [-0.39, 0.29) is 35.5 Å². The third-order valence-corrected chi connectivity index (χ3v) is 4.83. The number of amides is 1. The van der Waals surface area contributed by atoms with Crippen molar-refractivity contribution in [1.82, 2.24) is 0 Å². The number of methoxy groups -OCH3 is 1. The topological polar surface area (TPSA) is 95.9 Å². The summed E-state index contributed by atoms with van der Waals surface area (Å²) >= 11 is 1.17. The number of anilines is 1. The van der Waals surface area contributed by atoms with Crippen LogP contribution in [-0.2, 0) is 9.59 Å². The zero-order valence-corrected chi connectivity index (χ0v) is 14.6. The van der Waals surface area contributed by atoms with Crippen molar-refractivity contribution in [3.05, 3.63) is 54.1 Å². The Labute approximate surface area is 178 Å². The van der Waals surface area contributed by atoms with Gasteiger partial charge in [-0.25, -0.2) is 4.79 Å². The van der Waals surface area contributed by atoms with E-state index in [0.29, 0.717) is 21.9 Å². The molecule has 0 unspecified atom stereocenters. The monoisotopic (exact) mass is 385 g/mol. The first-order chi connectivity index (χ1) is 11.9. The Bertz CT molecular complexity index is 754. The second kappa shape index (κ2) is 10.6. The van der Waals surface area contributed by atoms with Gasteiger partial charge in [-0.1, -0.05) is 24.3 Å². The van der Waals surface area contributed by atoms with Crippen molar-refractivity contribution in [2.45, 2.75) is 23.2 Å². The molecule has 0 aliphatic carbocycles. The number of aliphatic carboxylic acids is 1. The average molecular weight is 385 g/mol. The summed E-state index contributed by atoms with van der Waals surface area (Å²) in [6.07, 6.45) is -1.61. The van der Waals surface area contributed by atoms with Gasteiger partial charge in [0.15, 0.2) is 6.10 Å². The average Bonchev–Trinajstić information content (AvgIpc) is 2.60. The summed E-state index contributed by atoms with van der Waals surface area (Å²) in [6.45, 7) is 1.40. The van der Waals surface area contributed by atoms with Crippen LogP contribution in [0, 0.1) is 0 Å². The molecule has 0 radical (unpaired) electrons. The van der Waals surface area contributed by atoms with Crippen molar-refractivity contribution >= 4 is 58.9 Å². The van der Waals surface area contributed by atoms with Crippen molar-refractivity contribution < 1.29 is 24.5 Å². The van der Waals surface area contributed by atoms with Gasteiger partial charge >= 0.3 is 35.5 Å². The van der Waals surface area contributed by atoms with Gasteiger partial charge in [-0.05, 0) is 29.8 Å². The van der Waals surface area contributed by atoms with Gasteiger partial charge < -0.3 is 20.3 Å². The van der Waals surface area contributed by atoms with Gasteiger partial charge in [-0.3, -0.25) is 4.79 Å². The van der Waals surface area contributed by atoms with Gasteiger partial charge in [0.2, 0.25) is 5.91 Å². The van der Waals surface area contributed by atoms with E-state index in [2.05, 4.69) is 5.32 Å². The number of nitrogens with one attached hydrogen (secondary N) is 1. The summed E-state index contributed by atoms with van der Waals surface area (Å²) in [7, 11) is 1.54. The van der Waals surface area contributed by atoms with Gasteiger partial charge in [-0.15, -0.1) is 11.8 Å². The van der Waals surface area contributed by atoms with Gasteiger partial charge in [0.05, 0.1) is 18.0 Å². The Kier molecular flexibility index (Phi) is 9.18. The number of thioether (sulfide) groups is 1. The standard InChI is InChI=1S/C18H19NO5S.Na.H/c1-11(20)19-14-5-3-4-6-15(14)25-17(16(21)18(22)23)12-7-9-13(24-2)10-8-12;;/h3-10,16-17,21H,1-2H3,(H,19,20)(H,22,23);;/t16-,17+;;/m0../s1. The molecular formula is C18H20NNaO5S. The van der Waals surface area contributed by atoms with E-state index in [0.717, 1.165) is 0 Å². The van der Waals surface area contributed by atoms with Gasteiger partial charge in [-0.2, -0.15) is 0 Å². The van der Waals surface area contributed by atoms with E-state index in [1.807, 2.05) is 0 Å². The molecule has 6 nitrogen and oxygen atoms in total. The molecular weight excluding hydrogens is 365 g/mol. The third-order valence-electron chi connectivity index (χ3n) is 3.44. The Morgan fingerprint density at radius 1 is 1.12 bits per heavy atom. The fraction of sp³-hybridized carbons (Fsp3) is 0.222. The Balaban J connectivity index is 0.00000338. The first kappa shape index (κ1) is 22.5. The molecule has 0 saturated heterocycles. The van der Waals surface area contributed by atoms with Gasteiger partial charge in [0, 0.05) is 11.8 Å². The van der Waals surface area contributed by atoms with Crippen molar-refractivity contribution in [2.24, 2.45) is 0 Å². The van der Waals surface area contributed by atoms with Crippen LogP contribution in [0.2, 0.25) is 0 Å². The molecule has 134 valence electrons. The number of carboxylic acid groups (broad SMARTS) is 1. The van der Waals surface area contributed by atoms with Crippen molar-refractivity contribution in [3.63, 3.8) is 0 Å². The molecule has 2 rings (SSSR count). The summed E-state index contributed by atoms with van der Waals surface area (Å²) in [5.41, 5.74) is 1.20. The zero-order valence-electron chi connectivity index (χ0n) is 13.8. The number of carbonyl (C=O) groups is 2. The minimum absolute atomic E-state index is 0. The molecule has 1 amide bonds. The maximum absolute atomic E-state index is 11.4. The summed E-state index contributed by atoms with van der Waals surface area (Å²) in [4.78, 5) is 23.4. The second-order valence-corrected chi connectivity index (χ2v) is 6.46. The molecule has 2 aromatic carbocycles. The van der Waals surface area contributed by atoms with E-state index in [9.17, 15) is 19.8 Å². The first-order valence-electron chi connectivity index (χ1n) is 7.50. The molecule has 26 heavy (non-hydrogen) atoms. The summed E-state index contributed by atoms with van der Waals surface area (Å²) in [5.74, 6) is -0.908. The van der Waals surface area contributed by atoms with Crippen LogP contribution in [-0.4, -0.2) is 64.9 Å². The number of benzene rings is 2.